The van der Waals surface area contributed by atoms with E-state index in [-0.39, 0.29) is 18.4 Å². The minimum atomic E-state index is -0.878. The van der Waals surface area contributed by atoms with Crippen molar-refractivity contribution >= 4 is 17.8 Å². The predicted octanol–water partition coefficient (Wildman–Crippen LogP) is 1.62. The standard InChI is InChI=1S/C19H25N3O5/c1-2-27-18(24)16-4-3-7-22(16)13-17(23)14-5-6-15(12-14)20-8-10-21(11-9-20)19(25)26/h3-4,7,12,15H,2,5-6,8-11,13H2,1H3,(H,25,26)/t15-/m1/s1. The second kappa shape index (κ2) is 8.39. The lowest BCUT2D eigenvalue weighted by Crippen LogP contribution is -2.50. The molecule has 3 rings (SSSR count). The summed E-state index contributed by atoms with van der Waals surface area (Å²) in [5, 5.41) is 9.04. The van der Waals surface area contributed by atoms with Gasteiger partial charge in [0.2, 0.25) is 0 Å². The maximum atomic E-state index is 12.7. The van der Waals surface area contributed by atoms with E-state index < -0.39 is 12.1 Å². The van der Waals surface area contributed by atoms with Crippen molar-refractivity contribution in [2.75, 3.05) is 32.8 Å². The zero-order chi connectivity index (χ0) is 19.4. The number of amides is 1. The first kappa shape index (κ1) is 19.2. The Labute approximate surface area is 158 Å². The van der Waals surface area contributed by atoms with Crippen LogP contribution < -0.4 is 0 Å². The van der Waals surface area contributed by atoms with Crippen molar-refractivity contribution < 1.29 is 24.2 Å². The fourth-order valence-corrected chi connectivity index (χ4v) is 3.67. The molecule has 8 heteroatoms. The molecule has 0 saturated carbocycles. The van der Waals surface area contributed by atoms with Crippen LogP contribution in [-0.2, 0) is 16.1 Å². The normalized spacial score (nSPS) is 20.4. The third kappa shape index (κ3) is 4.39. The summed E-state index contributed by atoms with van der Waals surface area (Å²) in [5.41, 5.74) is 1.16. The maximum Gasteiger partial charge on any atom is 0.407 e. The Kier molecular flexibility index (Phi) is 5.95. The van der Waals surface area contributed by atoms with E-state index in [4.69, 9.17) is 9.84 Å². The van der Waals surface area contributed by atoms with E-state index in [0.717, 1.165) is 12.0 Å². The molecule has 0 spiro atoms. The minimum absolute atomic E-state index is 0.00317. The molecule has 27 heavy (non-hydrogen) atoms. The lowest BCUT2D eigenvalue weighted by molar-refractivity contribution is -0.116. The number of hydrogen-bond donors (Lipinski definition) is 1. The second-order valence-electron chi connectivity index (χ2n) is 6.77. The number of rotatable bonds is 6. The highest BCUT2D eigenvalue weighted by atomic mass is 16.5. The lowest BCUT2D eigenvalue weighted by atomic mass is 10.1. The van der Waals surface area contributed by atoms with Crippen LogP contribution in [0.25, 0.3) is 0 Å². The number of ether oxygens (including phenoxy) is 1. The van der Waals surface area contributed by atoms with E-state index in [2.05, 4.69) is 4.90 Å². The number of nitrogens with zero attached hydrogens (tertiary/aromatic N) is 3. The van der Waals surface area contributed by atoms with E-state index in [1.807, 2.05) is 6.08 Å². The van der Waals surface area contributed by atoms with Gasteiger partial charge in [0.1, 0.15) is 5.69 Å². The highest BCUT2D eigenvalue weighted by Gasteiger charge is 2.29. The van der Waals surface area contributed by atoms with Crippen molar-refractivity contribution in [1.29, 1.82) is 0 Å². The highest BCUT2D eigenvalue weighted by molar-refractivity contribution is 5.96. The number of aromatic nitrogens is 1. The smallest absolute Gasteiger partial charge is 0.407 e. The first-order chi connectivity index (χ1) is 13.0. The van der Waals surface area contributed by atoms with Gasteiger partial charge in [-0.2, -0.15) is 0 Å². The van der Waals surface area contributed by atoms with E-state index in [1.165, 1.54) is 4.90 Å². The first-order valence-electron chi connectivity index (χ1n) is 9.27. The molecule has 1 aliphatic heterocycles. The summed E-state index contributed by atoms with van der Waals surface area (Å²) in [6, 6.07) is 3.56. The fourth-order valence-electron chi connectivity index (χ4n) is 3.67. The van der Waals surface area contributed by atoms with E-state index in [1.54, 1.807) is 29.8 Å². The molecule has 1 fully saturated rings. The van der Waals surface area contributed by atoms with Gasteiger partial charge < -0.3 is 19.3 Å². The minimum Gasteiger partial charge on any atom is -0.465 e. The summed E-state index contributed by atoms with van der Waals surface area (Å²) < 4.78 is 6.64. The predicted molar refractivity (Wildman–Crippen MR) is 97.7 cm³/mol. The van der Waals surface area contributed by atoms with Gasteiger partial charge in [0.05, 0.1) is 13.2 Å². The Morgan fingerprint density at radius 2 is 1.96 bits per heavy atom. The number of carbonyl (C=O) groups is 3. The summed E-state index contributed by atoms with van der Waals surface area (Å²) in [5.74, 6) is -0.423. The van der Waals surface area contributed by atoms with Gasteiger partial charge in [-0.15, -0.1) is 0 Å². The number of Topliss-reactive ketones (excluding diaryl/α,β-unsaturated/α-hetero) is 1. The van der Waals surface area contributed by atoms with Crippen LogP contribution in [0.1, 0.15) is 30.3 Å². The topological polar surface area (TPSA) is 92.1 Å². The number of allylic oxidation sites excluding steroid dienone is 1. The van der Waals surface area contributed by atoms with Gasteiger partial charge in [-0.25, -0.2) is 9.59 Å². The molecule has 0 aromatic carbocycles. The van der Waals surface area contributed by atoms with Crippen molar-refractivity contribution in [2.24, 2.45) is 0 Å². The third-order valence-electron chi connectivity index (χ3n) is 5.14. The van der Waals surface area contributed by atoms with Gasteiger partial charge >= 0.3 is 12.1 Å². The number of carboxylic acid groups (broad SMARTS) is 1. The Hall–Kier alpha value is -2.61. The average Bonchev–Trinajstić information content (AvgIpc) is 3.31. The zero-order valence-electron chi connectivity index (χ0n) is 15.5. The quantitative estimate of drug-likeness (QED) is 0.760. The van der Waals surface area contributed by atoms with Crippen molar-refractivity contribution in [2.45, 2.75) is 32.4 Å². The molecule has 1 saturated heterocycles. The second-order valence-corrected chi connectivity index (χ2v) is 6.77. The summed E-state index contributed by atoms with van der Waals surface area (Å²) in [6.45, 7) is 4.51. The number of piperazine rings is 1. The fraction of sp³-hybridized carbons (Fsp3) is 0.526. The Morgan fingerprint density at radius 1 is 1.22 bits per heavy atom. The molecule has 2 aliphatic rings. The SMILES string of the molecule is CCOC(=O)c1cccn1CC(=O)C1=C[C@H](N2CCN(C(=O)O)CC2)CC1. The van der Waals surface area contributed by atoms with Crippen LogP contribution in [0.3, 0.4) is 0 Å². The van der Waals surface area contributed by atoms with E-state index in [9.17, 15) is 14.4 Å². The van der Waals surface area contributed by atoms with Crippen LogP contribution in [0.4, 0.5) is 4.79 Å². The van der Waals surface area contributed by atoms with Gasteiger partial charge in [0, 0.05) is 38.4 Å². The van der Waals surface area contributed by atoms with Gasteiger partial charge in [-0.1, -0.05) is 6.08 Å². The van der Waals surface area contributed by atoms with Gasteiger partial charge in [-0.3, -0.25) is 9.69 Å². The van der Waals surface area contributed by atoms with E-state index >= 15 is 0 Å². The Morgan fingerprint density at radius 3 is 2.63 bits per heavy atom. The molecule has 8 nitrogen and oxygen atoms in total. The molecule has 0 radical (unpaired) electrons. The molecule has 0 bridgehead atoms. The maximum absolute atomic E-state index is 12.7. The van der Waals surface area contributed by atoms with Crippen LogP contribution in [0.2, 0.25) is 0 Å². The summed E-state index contributed by atoms with van der Waals surface area (Å²) >= 11 is 0. The summed E-state index contributed by atoms with van der Waals surface area (Å²) in [6.07, 6.45) is 4.41. The first-order valence-corrected chi connectivity index (χ1v) is 9.27. The van der Waals surface area contributed by atoms with Crippen molar-refractivity contribution in [3.8, 4) is 0 Å². The summed E-state index contributed by atoms with van der Waals surface area (Å²) in [4.78, 5) is 39.3. The van der Waals surface area contributed by atoms with Gasteiger partial charge in [0.25, 0.3) is 0 Å². The molecule has 1 aromatic rings. The van der Waals surface area contributed by atoms with Gasteiger partial charge in [-0.05, 0) is 37.5 Å². The molecule has 1 amide bonds. The molecule has 146 valence electrons. The number of hydrogen-bond acceptors (Lipinski definition) is 5. The molecule has 1 aliphatic carbocycles. The van der Waals surface area contributed by atoms with Crippen molar-refractivity contribution in [1.82, 2.24) is 14.4 Å². The molecular formula is C19H25N3O5. The highest BCUT2D eigenvalue weighted by Crippen LogP contribution is 2.25. The van der Waals surface area contributed by atoms with Crippen LogP contribution in [0, 0.1) is 0 Å². The average molecular weight is 375 g/mol. The number of esters is 1. The third-order valence-corrected chi connectivity index (χ3v) is 5.14. The zero-order valence-corrected chi connectivity index (χ0v) is 15.5. The van der Waals surface area contributed by atoms with E-state index in [0.29, 0.717) is 44.9 Å². The van der Waals surface area contributed by atoms with Crippen LogP contribution in [0.15, 0.2) is 30.0 Å². The van der Waals surface area contributed by atoms with Crippen LogP contribution in [-0.4, -0.2) is 76.1 Å². The van der Waals surface area contributed by atoms with Crippen LogP contribution in [0.5, 0.6) is 0 Å². The molecule has 1 N–H and O–H groups in total. The van der Waals surface area contributed by atoms with Crippen molar-refractivity contribution in [3.63, 3.8) is 0 Å². The number of carbonyl (C=O) groups excluding carboxylic acids is 2. The monoisotopic (exact) mass is 375 g/mol. The molecular weight excluding hydrogens is 350 g/mol. The van der Waals surface area contributed by atoms with Crippen LogP contribution >= 0.6 is 0 Å². The molecule has 2 heterocycles. The summed E-state index contributed by atoms with van der Waals surface area (Å²) in [7, 11) is 0. The molecule has 1 atom stereocenters. The largest absolute Gasteiger partial charge is 0.465 e. The molecule has 1 aromatic heterocycles. The van der Waals surface area contributed by atoms with Crippen molar-refractivity contribution in [3.05, 3.63) is 35.7 Å². The molecule has 0 unspecified atom stereocenters. The van der Waals surface area contributed by atoms with Gasteiger partial charge in [0.15, 0.2) is 5.78 Å². The lowest BCUT2D eigenvalue weighted by Gasteiger charge is -2.36. The Balaban J connectivity index is 1.59. The number of ketones is 1. The Bertz CT molecular complexity index is 746.